The molecule has 1 aromatic carbocycles. The third-order valence-electron chi connectivity index (χ3n) is 5.04. The number of amides is 1. The topological polar surface area (TPSA) is 51.7 Å². The lowest BCUT2D eigenvalue weighted by Crippen LogP contribution is -2.42. The van der Waals surface area contributed by atoms with Crippen LogP contribution in [-0.2, 0) is 4.74 Å². The van der Waals surface area contributed by atoms with E-state index in [1.165, 1.54) is 19.3 Å². The highest BCUT2D eigenvalue weighted by Crippen LogP contribution is 2.26. The SMILES string of the molecule is O=C(c1ccc(OC2CCCCC2)cc1)N1CCOC(c2nccs2)C1. The summed E-state index contributed by atoms with van der Waals surface area (Å²) in [5, 5.41) is 2.86. The predicted octanol–water partition coefficient (Wildman–Crippen LogP) is 4.07. The molecular weight excluding hydrogens is 348 g/mol. The molecule has 0 N–H and O–H groups in total. The van der Waals surface area contributed by atoms with Crippen LogP contribution >= 0.6 is 11.3 Å². The van der Waals surface area contributed by atoms with Gasteiger partial charge < -0.3 is 14.4 Å². The summed E-state index contributed by atoms with van der Waals surface area (Å²) in [4.78, 5) is 19.0. The van der Waals surface area contributed by atoms with E-state index in [9.17, 15) is 4.79 Å². The second-order valence-corrected chi connectivity index (χ2v) is 7.81. The number of ether oxygens (including phenoxy) is 2. The number of rotatable bonds is 4. The van der Waals surface area contributed by atoms with Gasteiger partial charge in [-0.3, -0.25) is 4.79 Å². The molecule has 1 saturated heterocycles. The summed E-state index contributed by atoms with van der Waals surface area (Å²) in [5.74, 6) is 0.898. The molecule has 6 heteroatoms. The summed E-state index contributed by atoms with van der Waals surface area (Å²) < 4.78 is 11.8. The fourth-order valence-electron chi connectivity index (χ4n) is 3.61. The summed E-state index contributed by atoms with van der Waals surface area (Å²) in [6.07, 6.45) is 8.05. The highest BCUT2D eigenvalue weighted by atomic mass is 32.1. The van der Waals surface area contributed by atoms with E-state index in [1.807, 2.05) is 34.5 Å². The first kappa shape index (κ1) is 17.5. The van der Waals surface area contributed by atoms with Crippen LogP contribution in [0, 0.1) is 0 Å². The first-order chi connectivity index (χ1) is 12.8. The zero-order chi connectivity index (χ0) is 17.8. The van der Waals surface area contributed by atoms with E-state index in [4.69, 9.17) is 9.47 Å². The average molecular weight is 372 g/mol. The van der Waals surface area contributed by atoms with E-state index in [0.717, 1.165) is 23.6 Å². The summed E-state index contributed by atoms with van der Waals surface area (Å²) in [6, 6.07) is 7.57. The molecule has 2 fully saturated rings. The van der Waals surface area contributed by atoms with Gasteiger partial charge in [0.25, 0.3) is 5.91 Å². The Morgan fingerprint density at radius 1 is 1.19 bits per heavy atom. The summed E-state index contributed by atoms with van der Waals surface area (Å²) >= 11 is 1.57. The fourth-order valence-corrected chi connectivity index (χ4v) is 4.29. The maximum atomic E-state index is 12.8. The number of morpholine rings is 1. The minimum Gasteiger partial charge on any atom is -0.490 e. The molecule has 1 aromatic heterocycles. The van der Waals surface area contributed by atoms with Crippen molar-refractivity contribution in [3.63, 3.8) is 0 Å². The zero-order valence-corrected chi connectivity index (χ0v) is 15.6. The van der Waals surface area contributed by atoms with Crippen LogP contribution < -0.4 is 4.74 Å². The maximum absolute atomic E-state index is 12.8. The summed E-state index contributed by atoms with van der Waals surface area (Å²) in [6.45, 7) is 1.70. The number of carbonyl (C=O) groups is 1. The zero-order valence-electron chi connectivity index (χ0n) is 14.8. The Balaban J connectivity index is 1.38. The van der Waals surface area contributed by atoms with Crippen molar-refractivity contribution in [2.45, 2.75) is 44.3 Å². The molecule has 2 heterocycles. The van der Waals surface area contributed by atoms with E-state index in [-0.39, 0.29) is 12.0 Å². The van der Waals surface area contributed by atoms with Gasteiger partial charge in [-0.15, -0.1) is 11.3 Å². The van der Waals surface area contributed by atoms with Gasteiger partial charge in [0.05, 0.1) is 19.3 Å². The summed E-state index contributed by atoms with van der Waals surface area (Å²) in [7, 11) is 0. The molecule has 26 heavy (non-hydrogen) atoms. The number of hydrogen-bond acceptors (Lipinski definition) is 5. The molecule has 0 spiro atoms. The number of nitrogens with zero attached hydrogens (tertiary/aromatic N) is 2. The van der Waals surface area contributed by atoms with Crippen molar-refractivity contribution in [1.82, 2.24) is 9.88 Å². The van der Waals surface area contributed by atoms with Crippen LogP contribution in [0.2, 0.25) is 0 Å². The van der Waals surface area contributed by atoms with Gasteiger partial charge in [0, 0.05) is 23.7 Å². The molecule has 1 aliphatic carbocycles. The Labute approximate surface area is 157 Å². The molecule has 1 saturated carbocycles. The molecule has 0 bridgehead atoms. The van der Waals surface area contributed by atoms with Crippen molar-refractivity contribution in [3.05, 3.63) is 46.4 Å². The molecule has 2 aromatic rings. The van der Waals surface area contributed by atoms with Crippen molar-refractivity contribution >= 4 is 17.2 Å². The molecule has 1 aliphatic heterocycles. The highest BCUT2D eigenvalue weighted by Gasteiger charge is 2.27. The molecule has 0 radical (unpaired) electrons. The number of carbonyl (C=O) groups excluding carboxylic acids is 1. The van der Waals surface area contributed by atoms with Crippen LogP contribution in [0.25, 0.3) is 0 Å². The molecule has 1 amide bonds. The smallest absolute Gasteiger partial charge is 0.254 e. The van der Waals surface area contributed by atoms with Gasteiger partial charge in [-0.2, -0.15) is 0 Å². The van der Waals surface area contributed by atoms with E-state index < -0.39 is 0 Å². The Bertz CT molecular complexity index is 711. The lowest BCUT2D eigenvalue weighted by atomic mass is 9.98. The molecular formula is C20H24N2O3S. The lowest BCUT2D eigenvalue weighted by molar-refractivity contribution is -0.0229. The van der Waals surface area contributed by atoms with Gasteiger partial charge in [-0.1, -0.05) is 6.42 Å². The molecule has 138 valence electrons. The van der Waals surface area contributed by atoms with Gasteiger partial charge in [0.15, 0.2) is 0 Å². The molecule has 5 nitrogen and oxygen atoms in total. The van der Waals surface area contributed by atoms with Crippen molar-refractivity contribution in [2.75, 3.05) is 19.7 Å². The number of thiazole rings is 1. The highest BCUT2D eigenvalue weighted by molar-refractivity contribution is 7.09. The number of hydrogen-bond donors (Lipinski definition) is 0. The van der Waals surface area contributed by atoms with Crippen LogP contribution in [0.3, 0.4) is 0 Å². The van der Waals surface area contributed by atoms with E-state index in [2.05, 4.69) is 4.98 Å². The van der Waals surface area contributed by atoms with Crippen molar-refractivity contribution in [1.29, 1.82) is 0 Å². The Morgan fingerprint density at radius 2 is 2.00 bits per heavy atom. The first-order valence-electron chi connectivity index (χ1n) is 9.36. The van der Waals surface area contributed by atoms with Gasteiger partial charge in [0.1, 0.15) is 16.9 Å². The van der Waals surface area contributed by atoms with Gasteiger partial charge >= 0.3 is 0 Å². The third kappa shape index (κ3) is 4.07. The molecule has 2 aliphatic rings. The minimum atomic E-state index is -0.124. The van der Waals surface area contributed by atoms with E-state index >= 15 is 0 Å². The Morgan fingerprint density at radius 3 is 2.73 bits per heavy atom. The average Bonchev–Trinajstić information content (AvgIpc) is 3.24. The van der Waals surface area contributed by atoms with Crippen LogP contribution in [0.5, 0.6) is 5.75 Å². The second-order valence-electron chi connectivity index (χ2n) is 6.88. The van der Waals surface area contributed by atoms with Crippen molar-refractivity contribution in [3.8, 4) is 5.75 Å². The van der Waals surface area contributed by atoms with Crippen molar-refractivity contribution < 1.29 is 14.3 Å². The van der Waals surface area contributed by atoms with E-state index in [1.54, 1.807) is 17.5 Å². The van der Waals surface area contributed by atoms with Gasteiger partial charge in [-0.05, 0) is 49.9 Å². The van der Waals surface area contributed by atoms with Gasteiger partial charge in [0.2, 0.25) is 0 Å². The Hall–Kier alpha value is -1.92. The van der Waals surface area contributed by atoms with Crippen LogP contribution in [0.1, 0.15) is 53.6 Å². The quantitative estimate of drug-likeness (QED) is 0.812. The molecule has 4 rings (SSSR count). The number of benzene rings is 1. The van der Waals surface area contributed by atoms with Crippen LogP contribution in [0.4, 0.5) is 0 Å². The lowest BCUT2D eigenvalue weighted by Gasteiger charge is -2.32. The monoisotopic (exact) mass is 372 g/mol. The van der Waals surface area contributed by atoms with E-state index in [0.29, 0.717) is 31.4 Å². The fraction of sp³-hybridized carbons (Fsp3) is 0.500. The molecule has 1 atom stereocenters. The predicted molar refractivity (Wildman–Crippen MR) is 101 cm³/mol. The van der Waals surface area contributed by atoms with Gasteiger partial charge in [-0.25, -0.2) is 4.98 Å². The van der Waals surface area contributed by atoms with Crippen LogP contribution in [0.15, 0.2) is 35.8 Å². The minimum absolute atomic E-state index is 0.0408. The standard InChI is InChI=1S/C20H24N2O3S/c23-20(22-11-12-24-18(14-22)19-21-10-13-26-19)15-6-8-17(9-7-15)25-16-4-2-1-3-5-16/h6-10,13,16,18H,1-5,11-12,14H2. The maximum Gasteiger partial charge on any atom is 0.254 e. The van der Waals surface area contributed by atoms with Crippen LogP contribution in [-0.4, -0.2) is 41.6 Å². The second kappa shape index (κ2) is 8.18. The normalized spacial score (nSPS) is 21.5. The van der Waals surface area contributed by atoms with Crippen molar-refractivity contribution in [2.24, 2.45) is 0 Å². The Kier molecular flexibility index (Phi) is 5.51. The molecule has 1 unspecified atom stereocenters. The largest absolute Gasteiger partial charge is 0.490 e. The third-order valence-corrected chi connectivity index (χ3v) is 5.90. The summed E-state index contributed by atoms with van der Waals surface area (Å²) in [5.41, 5.74) is 0.695. The number of aromatic nitrogens is 1. The first-order valence-corrected chi connectivity index (χ1v) is 10.2.